The van der Waals surface area contributed by atoms with Crippen LogP contribution in [0.2, 0.25) is 5.02 Å². The van der Waals surface area contributed by atoms with Crippen molar-refractivity contribution < 1.29 is 9.47 Å². The molecule has 1 aromatic heterocycles. The summed E-state index contributed by atoms with van der Waals surface area (Å²) in [6.45, 7) is 0.845. The summed E-state index contributed by atoms with van der Waals surface area (Å²) in [7, 11) is 0. The normalized spacial score (nSPS) is 12.2. The van der Waals surface area contributed by atoms with Crippen molar-refractivity contribution in [2.45, 2.75) is 6.54 Å². The predicted molar refractivity (Wildman–Crippen MR) is 73.9 cm³/mol. The molecule has 1 aliphatic heterocycles. The van der Waals surface area contributed by atoms with Gasteiger partial charge in [-0.25, -0.2) is 0 Å². The molecule has 19 heavy (non-hydrogen) atoms. The maximum Gasteiger partial charge on any atom is 0.231 e. The van der Waals surface area contributed by atoms with E-state index in [1.165, 1.54) is 0 Å². The van der Waals surface area contributed by atoms with E-state index in [4.69, 9.17) is 26.3 Å². The fourth-order valence-corrected chi connectivity index (χ4v) is 2.74. The lowest BCUT2D eigenvalue weighted by atomic mass is 10.2. The van der Waals surface area contributed by atoms with E-state index in [0.29, 0.717) is 28.6 Å². The molecule has 0 radical (unpaired) electrons. The Morgan fingerprint density at radius 3 is 2.84 bits per heavy atom. The van der Waals surface area contributed by atoms with E-state index in [1.54, 1.807) is 17.4 Å². The lowest BCUT2D eigenvalue weighted by Gasteiger charge is -2.08. The van der Waals surface area contributed by atoms with Gasteiger partial charge in [0.15, 0.2) is 11.5 Å². The summed E-state index contributed by atoms with van der Waals surface area (Å²) in [4.78, 5) is 1.07. The highest BCUT2D eigenvalue weighted by Gasteiger charge is 2.16. The maximum atomic E-state index is 8.77. The number of ether oxygens (including phenoxy) is 2. The minimum atomic E-state index is 0.228. The summed E-state index contributed by atoms with van der Waals surface area (Å²) < 4.78 is 10.6. The van der Waals surface area contributed by atoms with E-state index < -0.39 is 0 Å². The predicted octanol–water partition coefficient (Wildman–Crippen LogP) is 3.61. The van der Waals surface area contributed by atoms with Crippen molar-refractivity contribution in [1.82, 2.24) is 0 Å². The topological polar surface area (TPSA) is 54.3 Å². The summed E-state index contributed by atoms with van der Waals surface area (Å²) in [6.07, 6.45) is 0. The number of benzene rings is 1. The van der Waals surface area contributed by atoms with Crippen LogP contribution in [0.4, 0.5) is 5.69 Å². The van der Waals surface area contributed by atoms with Gasteiger partial charge in [-0.3, -0.25) is 0 Å². The second kappa shape index (κ2) is 5.00. The average Bonchev–Trinajstić information content (AvgIpc) is 3.03. The number of anilines is 1. The van der Waals surface area contributed by atoms with E-state index in [2.05, 4.69) is 11.4 Å². The number of hydrogen-bond acceptors (Lipinski definition) is 5. The van der Waals surface area contributed by atoms with Gasteiger partial charge >= 0.3 is 0 Å². The largest absolute Gasteiger partial charge is 0.454 e. The molecule has 6 heteroatoms. The van der Waals surface area contributed by atoms with Crippen LogP contribution in [0, 0.1) is 11.3 Å². The van der Waals surface area contributed by atoms with Gasteiger partial charge in [-0.15, -0.1) is 11.3 Å². The second-order valence-corrected chi connectivity index (χ2v) is 5.36. The summed E-state index contributed by atoms with van der Waals surface area (Å²) in [6, 6.07) is 7.53. The van der Waals surface area contributed by atoms with E-state index in [9.17, 15) is 0 Å². The van der Waals surface area contributed by atoms with Gasteiger partial charge in [0, 0.05) is 28.9 Å². The van der Waals surface area contributed by atoms with Gasteiger partial charge in [-0.05, 0) is 6.07 Å². The maximum absolute atomic E-state index is 8.77. The minimum Gasteiger partial charge on any atom is -0.454 e. The van der Waals surface area contributed by atoms with Crippen molar-refractivity contribution in [3.63, 3.8) is 0 Å². The van der Waals surface area contributed by atoms with Crippen LogP contribution in [0.5, 0.6) is 11.5 Å². The first-order valence-corrected chi connectivity index (χ1v) is 6.82. The summed E-state index contributed by atoms with van der Waals surface area (Å²) >= 11 is 7.70. The van der Waals surface area contributed by atoms with Crippen LogP contribution >= 0.6 is 22.9 Å². The Kier molecular flexibility index (Phi) is 3.20. The zero-order valence-electron chi connectivity index (χ0n) is 9.77. The molecule has 3 rings (SSSR count). The molecule has 0 aliphatic carbocycles. The quantitative estimate of drug-likeness (QED) is 0.939. The Morgan fingerprint density at radius 1 is 1.32 bits per heavy atom. The first-order valence-electron chi connectivity index (χ1n) is 5.57. The van der Waals surface area contributed by atoms with Crippen LogP contribution in [0.1, 0.15) is 10.4 Å². The zero-order valence-corrected chi connectivity index (χ0v) is 11.3. The Hall–Kier alpha value is -1.90. The molecule has 0 saturated heterocycles. The Bertz CT molecular complexity index is 663. The first kappa shape index (κ1) is 12.2. The molecule has 1 aliphatic rings. The third-order valence-corrected chi connectivity index (χ3v) is 3.95. The van der Waals surface area contributed by atoms with Crippen molar-refractivity contribution in [2.75, 3.05) is 12.1 Å². The second-order valence-electron chi connectivity index (χ2n) is 3.95. The molecule has 1 aromatic carbocycles. The van der Waals surface area contributed by atoms with Gasteiger partial charge in [0.1, 0.15) is 6.07 Å². The lowest BCUT2D eigenvalue weighted by Crippen LogP contribution is -1.98. The fourth-order valence-electron chi connectivity index (χ4n) is 1.77. The number of nitrogens with one attached hydrogen (secondary N) is 1. The van der Waals surface area contributed by atoms with Gasteiger partial charge in [-0.2, -0.15) is 5.26 Å². The van der Waals surface area contributed by atoms with E-state index in [1.807, 2.05) is 17.5 Å². The number of hydrogen-bond donors (Lipinski definition) is 1. The fraction of sp³-hybridized carbons (Fsp3) is 0.154. The molecule has 0 bridgehead atoms. The monoisotopic (exact) mass is 292 g/mol. The van der Waals surface area contributed by atoms with Crippen molar-refractivity contribution in [3.05, 3.63) is 39.0 Å². The molecule has 96 valence electrons. The SMILES string of the molecule is N#Cc1csc(CNc2cc3c(cc2Cl)OCO3)c1. The minimum absolute atomic E-state index is 0.228. The number of fused-ring (bicyclic) bond motifs is 1. The van der Waals surface area contributed by atoms with Gasteiger partial charge in [0.25, 0.3) is 0 Å². The number of halogens is 1. The lowest BCUT2D eigenvalue weighted by molar-refractivity contribution is 0.174. The molecule has 4 nitrogen and oxygen atoms in total. The smallest absolute Gasteiger partial charge is 0.231 e. The third kappa shape index (κ3) is 2.46. The van der Waals surface area contributed by atoms with E-state index in [0.717, 1.165) is 10.6 Å². The third-order valence-electron chi connectivity index (χ3n) is 2.70. The van der Waals surface area contributed by atoms with Crippen molar-refractivity contribution >= 4 is 28.6 Å². The number of rotatable bonds is 3. The molecule has 0 atom stereocenters. The van der Waals surface area contributed by atoms with Crippen LogP contribution in [-0.4, -0.2) is 6.79 Å². The zero-order chi connectivity index (χ0) is 13.2. The number of thiophene rings is 1. The van der Waals surface area contributed by atoms with Crippen LogP contribution in [0.3, 0.4) is 0 Å². The molecular weight excluding hydrogens is 284 g/mol. The Balaban J connectivity index is 1.75. The summed E-state index contributed by atoms with van der Waals surface area (Å²) in [5.74, 6) is 1.36. The van der Waals surface area contributed by atoms with Crippen LogP contribution in [0.15, 0.2) is 23.6 Å². The molecule has 0 spiro atoms. The van der Waals surface area contributed by atoms with Crippen LogP contribution in [0.25, 0.3) is 0 Å². The van der Waals surface area contributed by atoms with Gasteiger partial charge in [-0.1, -0.05) is 11.6 Å². The molecular formula is C13H9ClN2O2S. The molecule has 0 fully saturated rings. The van der Waals surface area contributed by atoms with Crippen molar-refractivity contribution in [1.29, 1.82) is 5.26 Å². The standard InChI is InChI=1S/C13H9ClN2O2S/c14-10-2-12-13(18-7-17-12)3-11(10)16-5-9-1-8(4-15)6-19-9/h1-3,6,16H,5,7H2. The van der Waals surface area contributed by atoms with Crippen molar-refractivity contribution in [3.8, 4) is 17.6 Å². The number of nitriles is 1. The highest BCUT2D eigenvalue weighted by Crippen LogP contribution is 2.39. The summed E-state index contributed by atoms with van der Waals surface area (Å²) in [5, 5.41) is 14.4. The Labute approximate surface area is 119 Å². The molecule has 0 saturated carbocycles. The highest BCUT2D eigenvalue weighted by atomic mass is 35.5. The first-order chi connectivity index (χ1) is 9.26. The van der Waals surface area contributed by atoms with Gasteiger partial charge in [0.2, 0.25) is 6.79 Å². The van der Waals surface area contributed by atoms with Gasteiger partial charge < -0.3 is 14.8 Å². The summed E-state index contributed by atoms with van der Waals surface area (Å²) in [5.41, 5.74) is 1.47. The van der Waals surface area contributed by atoms with E-state index >= 15 is 0 Å². The van der Waals surface area contributed by atoms with Crippen LogP contribution in [-0.2, 0) is 6.54 Å². The molecule has 2 aromatic rings. The van der Waals surface area contributed by atoms with Crippen molar-refractivity contribution in [2.24, 2.45) is 0 Å². The molecule has 2 heterocycles. The number of nitrogens with zero attached hydrogens (tertiary/aromatic N) is 1. The Morgan fingerprint density at radius 2 is 2.11 bits per heavy atom. The van der Waals surface area contributed by atoms with Gasteiger partial charge in [0.05, 0.1) is 16.3 Å². The molecule has 1 N–H and O–H groups in total. The molecule has 0 unspecified atom stereocenters. The average molecular weight is 293 g/mol. The molecule has 0 amide bonds. The van der Waals surface area contributed by atoms with Crippen LogP contribution < -0.4 is 14.8 Å². The highest BCUT2D eigenvalue weighted by molar-refractivity contribution is 7.10. The van der Waals surface area contributed by atoms with E-state index in [-0.39, 0.29) is 6.79 Å².